The molecule has 3 nitrogen and oxygen atoms in total. The lowest BCUT2D eigenvalue weighted by atomic mass is 10.0. The molecule has 0 heterocycles. The van der Waals surface area contributed by atoms with Gasteiger partial charge in [0.15, 0.2) is 0 Å². The Kier molecular flexibility index (Phi) is 7.28. The van der Waals surface area contributed by atoms with E-state index in [0.717, 1.165) is 13.1 Å². The zero-order valence-corrected chi connectivity index (χ0v) is 13.1. The van der Waals surface area contributed by atoms with Gasteiger partial charge in [-0.25, -0.2) is 0 Å². The first kappa shape index (κ1) is 16.7. The Morgan fingerprint density at radius 1 is 1.10 bits per heavy atom. The molecule has 1 atom stereocenters. The second-order valence-electron chi connectivity index (χ2n) is 5.70. The third-order valence-corrected chi connectivity index (χ3v) is 3.58. The van der Waals surface area contributed by atoms with Crippen LogP contribution in [-0.2, 0) is 0 Å². The van der Waals surface area contributed by atoms with Gasteiger partial charge in [-0.15, -0.1) is 0 Å². The molecule has 1 aromatic carbocycles. The maximum Gasteiger partial charge on any atom is 0.0641 e. The van der Waals surface area contributed by atoms with Crippen molar-refractivity contribution >= 4 is 0 Å². The van der Waals surface area contributed by atoms with E-state index in [1.54, 1.807) is 0 Å². The van der Waals surface area contributed by atoms with Gasteiger partial charge >= 0.3 is 0 Å². The van der Waals surface area contributed by atoms with Crippen molar-refractivity contribution in [2.75, 3.05) is 13.1 Å². The van der Waals surface area contributed by atoms with E-state index in [4.69, 9.17) is 5.26 Å². The third kappa shape index (κ3) is 5.32. The van der Waals surface area contributed by atoms with Crippen LogP contribution in [0.25, 0.3) is 0 Å². The van der Waals surface area contributed by atoms with Gasteiger partial charge in [0.25, 0.3) is 0 Å². The summed E-state index contributed by atoms with van der Waals surface area (Å²) in [5.74, 6) is 0. The minimum absolute atomic E-state index is 0.127. The van der Waals surface area contributed by atoms with Crippen molar-refractivity contribution in [3.05, 3.63) is 35.9 Å². The predicted octanol–water partition coefficient (Wildman–Crippen LogP) is 3.35. The molecule has 0 spiro atoms. The Morgan fingerprint density at radius 3 is 2.20 bits per heavy atom. The van der Waals surface area contributed by atoms with Crippen molar-refractivity contribution < 1.29 is 0 Å². The molecule has 110 valence electrons. The molecule has 3 heteroatoms. The first-order valence-electron chi connectivity index (χ1n) is 7.47. The maximum atomic E-state index is 8.98. The summed E-state index contributed by atoms with van der Waals surface area (Å²) >= 11 is 0. The van der Waals surface area contributed by atoms with Gasteiger partial charge in [-0.05, 0) is 33.3 Å². The SMILES string of the molecule is CC(C)N(CCNC(CC#N)c1ccccc1)C(C)C. The van der Waals surface area contributed by atoms with E-state index in [2.05, 4.69) is 56.1 Å². The number of nitrogens with zero attached hydrogens (tertiary/aromatic N) is 2. The lowest BCUT2D eigenvalue weighted by molar-refractivity contribution is 0.174. The zero-order valence-electron chi connectivity index (χ0n) is 13.1. The molecule has 0 aliphatic carbocycles. The van der Waals surface area contributed by atoms with Gasteiger partial charge in [-0.3, -0.25) is 4.90 Å². The average Bonchev–Trinajstić information content (AvgIpc) is 2.42. The van der Waals surface area contributed by atoms with Crippen LogP contribution < -0.4 is 5.32 Å². The summed E-state index contributed by atoms with van der Waals surface area (Å²) in [6.07, 6.45) is 0.507. The molecule has 0 fully saturated rings. The molecule has 0 aliphatic rings. The van der Waals surface area contributed by atoms with Crippen molar-refractivity contribution in [1.82, 2.24) is 10.2 Å². The molecule has 0 bridgehead atoms. The van der Waals surface area contributed by atoms with E-state index in [1.165, 1.54) is 5.56 Å². The molecule has 20 heavy (non-hydrogen) atoms. The Bertz CT molecular complexity index is 398. The molecule has 1 unspecified atom stereocenters. The van der Waals surface area contributed by atoms with Gasteiger partial charge in [-0.2, -0.15) is 5.26 Å². The Labute approximate surface area is 123 Å². The standard InChI is InChI=1S/C17H27N3/c1-14(2)20(15(3)4)13-12-19-17(10-11-18)16-8-6-5-7-9-16/h5-9,14-15,17,19H,10,12-13H2,1-4H3. The second kappa shape index (κ2) is 8.73. The average molecular weight is 273 g/mol. The van der Waals surface area contributed by atoms with Crippen LogP contribution in [0.3, 0.4) is 0 Å². The lowest BCUT2D eigenvalue weighted by Crippen LogP contribution is -2.42. The summed E-state index contributed by atoms with van der Waals surface area (Å²) in [6, 6.07) is 13.7. The van der Waals surface area contributed by atoms with Gasteiger partial charge in [0.2, 0.25) is 0 Å². The summed E-state index contributed by atoms with van der Waals surface area (Å²) < 4.78 is 0. The topological polar surface area (TPSA) is 39.1 Å². The monoisotopic (exact) mass is 273 g/mol. The molecule has 0 aliphatic heterocycles. The van der Waals surface area contributed by atoms with Gasteiger partial charge in [-0.1, -0.05) is 30.3 Å². The summed E-state index contributed by atoms with van der Waals surface area (Å²) in [5, 5.41) is 12.5. The molecule has 0 saturated heterocycles. The van der Waals surface area contributed by atoms with Crippen molar-refractivity contribution in [1.29, 1.82) is 5.26 Å². The largest absolute Gasteiger partial charge is 0.308 e. The highest BCUT2D eigenvalue weighted by Crippen LogP contribution is 2.15. The van der Waals surface area contributed by atoms with Crippen LogP contribution in [0, 0.1) is 11.3 Å². The summed E-state index contributed by atoms with van der Waals surface area (Å²) in [5.41, 5.74) is 1.19. The highest BCUT2D eigenvalue weighted by molar-refractivity contribution is 5.19. The van der Waals surface area contributed by atoms with Gasteiger partial charge < -0.3 is 5.32 Å². The van der Waals surface area contributed by atoms with E-state index in [0.29, 0.717) is 18.5 Å². The Balaban J connectivity index is 2.54. The number of hydrogen-bond donors (Lipinski definition) is 1. The van der Waals surface area contributed by atoms with Crippen LogP contribution in [0.2, 0.25) is 0 Å². The highest BCUT2D eigenvalue weighted by atomic mass is 15.2. The van der Waals surface area contributed by atoms with Crippen LogP contribution in [0.5, 0.6) is 0 Å². The zero-order chi connectivity index (χ0) is 15.0. The number of nitrogens with one attached hydrogen (secondary N) is 1. The van der Waals surface area contributed by atoms with Gasteiger partial charge in [0, 0.05) is 31.2 Å². The van der Waals surface area contributed by atoms with Gasteiger partial charge in [0.05, 0.1) is 12.5 Å². The Hall–Kier alpha value is -1.37. The first-order valence-corrected chi connectivity index (χ1v) is 7.47. The summed E-state index contributed by atoms with van der Waals surface area (Å²) in [7, 11) is 0. The molecule has 0 radical (unpaired) electrons. The molecular formula is C17H27N3. The molecular weight excluding hydrogens is 246 g/mol. The van der Waals surface area contributed by atoms with E-state index in [9.17, 15) is 0 Å². The minimum Gasteiger partial charge on any atom is -0.308 e. The molecule has 0 amide bonds. The van der Waals surface area contributed by atoms with Crippen molar-refractivity contribution in [3.63, 3.8) is 0 Å². The quantitative estimate of drug-likeness (QED) is 0.789. The highest BCUT2D eigenvalue weighted by Gasteiger charge is 2.14. The molecule has 1 rings (SSSR count). The van der Waals surface area contributed by atoms with E-state index in [-0.39, 0.29) is 6.04 Å². The lowest BCUT2D eigenvalue weighted by Gasteiger charge is -2.31. The predicted molar refractivity (Wildman–Crippen MR) is 84.4 cm³/mol. The first-order chi connectivity index (χ1) is 9.56. The van der Waals surface area contributed by atoms with Crippen molar-refractivity contribution in [2.24, 2.45) is 0 Å². The smallest absolute Gasteiger partial charge is 0.0641 e. The summed E-state index contributed by atoms with van der Waals surface area (Å²) in [6.45, 7) is 10.8. The Morgan fingerprint density at radius 2 is 1.70 bits per heavy atom. The molecule has 1 aromatic rings. The number of benzene rings is 1. The fourth-order valence-electron chi connectivity index (χ4n) is 2.57. The second-order valence-corrected chi connectivity index (χ2v) is 5.70. The van der Waals surface area contributed by atoms with Crippen LogP contribution in [0.4, 0.5) is 0 Å². The minimum atomic E-state index is 0.127. The molecule has 0 aromatic heterocycles. The van der Waals surface area contributed by atoms with Crippen molar-refractivity contribution in [3.8, 4) is 6.07 Å². The van der Waals surface area contributed by atoms with Crippen LogP contribution >= 0.6 is 0 Å². The van der Waals surface area contributed by atoms with Crippen molar-refractivity contribution in [2.45, 2.75) is 52.2 Å². The van der Waals surface area contributed by atoms with Gasteiger partial charge in [0.1, 0.15) is 0 Å². The fraction of sp³-hybridized carbons (Fsp3) is 0.588. The molecule has 1 N–H and O–H groups in total. The fourth-order valence-corrected chi connectivity index (χ4v) is 2.57. The number of rotatable bonds is 8. The van der Waals surface area contributed by atoms with E-state index >= 15 is 0 Å². The maximum absolute atomic E-state index is 8.98. The third-order valence-electron chi connectivity index (χ3n) is 3.58. The van der Waals surface area contributed by atoms with E-state index < -0.39 is 0 Å². The normalized spacial score (nSPS) is 12.9. The van der Waals surface area contributed by atoms with Crippen LogP contribution in [-0.4, -0.2) is 30.1 Å². The number of hydrogen-bond acceptors (Lipinski definition) is 3. The summed E-state index contributed by atoms with van der Waals surface area (Å²) in [4.78, 5) is 2.46. The molecule has 0 saturated carbocycles. The van der Waals surface area contributed by atoms with Crippen LogP contribution in [0.15, 0.2) is 30.3 Å². The van der Waals surface area contributed by atoms with Crippen LogP contribution in [0.1, 0.15) is 45.7 Å². The number of nitriles is 1. The van der Waals surface area contributed by atoms with E-state index in [1.807, 2.05) is 18.2 Å².